The van der Waals surface area contributed by atoms with Crippen LogP contribution in [0.25, 0.3) is 21.5 Å². The number of likely N-dealkylation sites (tertiary alicyclic amines) is 1. The minimum Gasteiger partial charge on any atom is -0.468 e. The Morgan fingerprint density at radius 2 is 1.81 bits per heavy atom. The summed E-state index contributed by atoms with van der Waals surface area (Å²) < 4.78 is 24.3. The molecule has 1 aromatic carbocycles. The van der Waals surface area contributed by atoms with Crippen molar-refractivity contribution >= 4 is 40.1 Å². The third-order valence-corrected chi connectivity index (χ3v) is 17.6. The zero-order valence-corrected chi connectivity index (χ0v) is 38.7. The molecule has 64 heavy (non-hydrogen) atoms. The molecule has 12 atom stereocenters. The molecule has 2 bridgehead atoms. The van der Waals surface area contributed by atoms with Crippen molar-refractivity contribution < 1.29 is 43.5 Å². The average molecular weight is 896 g/mol. The van der Waals surface area contributed by atoms with Gasteiger partial charge in [0.05, 0.1) is 32.0 Å². The molecule has 1 saturated carbocycles. The number of carbonyl (C=O) groups is 3. The highest BCUT2D eigenvalue weighted by Gasteiger charge is 2.81. The quantitative estimate of drug-likeness (QED) is 0.161. The lowest BCUT2D eigenvalue weighted by Crippen LogP contribution is -2.79. The maximum atomic E-state index is 15.6. The van der Waals surface area contributed by atoms with Crippen LogP contribution in [0.4, 0.5) is 0 Å². The number of carbonyl (C=O) groups excluding carboxylic acids is 3. The number of likely N-dealkylation sites (N-methyl/N-ethyl adjacent to an activating group) is 1. The summed E-state index contributed by atoms with van der Waals surface area (Å²) in [6, 6.07) is 5.10. The van der Waals surface area contributed by atoms with E-state index in [1.165, 1.54) is 21.1 Å². The first-order valence-corrected chi connectivity index (χ1v) is 23.8. The van der Waals surface area contributed by atoms with Crippen molar-refractivity contribution in [1.29, 1.82) is 0 Å². The van der Waals surface area contributed by atoms with Crippen molar-refractivity contribution in [1.82, 2.24) is 24.7 Å². The number of esters is 3. The number of rotatable bonds is 8. The van der Waals surface area contributed by atoms with Crippen LogP contribution in [0.5, 0.6) is 0 Å². The summed E-state index contributed by atoms with van der Waals surface area (Å²) in [7, 11) is 6.27. The molecular formula is C49H61N5O9S. The van der Waals surface area contributed by atoms with E-state index in [4.69, 9.17) is 18.9 Å². The maximum Gasteiger partial charge on any atom is 0.344 e. The van der Waals surface area contributed by atoms with Gasteiger partial charge in [-0.3, -0.25) is 19.4 Å². The molecule has 3 unspecified atom stereocenters. The summed E-state index contributed by atoms with van der Waals surface area (Å²) in [5, 5.41) is 29.4. The molecule has 2 aliphatic carbocycles. The summed E-state index contributed by atoms with van der Waals surface area (Å²) in [6.07, 6.45) is 11.4. The molecule has 5 aliphatic heterocycles. The van der Waals surface area contributed by atoms with Crippen molar-refractivity contribution in [3.05, 3.63) is 76.6 Å². The topological polar surface area (TPSA) is 167 Å². The van der Waals surface area contributed by atoms with Crippen LogP contribution in [0.15, 0.2) is 65.4 Å². The Bertz CT molecular complexity index is 2480. The highest BCUT2D eigenvalue weighted by molar-refractivity contribution is 7.13. The molecule has 0 amide bonds. The van der Waals surface area contributed by atoms with Gasteiger partial charge in [0.2, 0.25) is 5.60 Å². The fraction of sp³-hybridized carbons (Fsp3) is 0.592. The van der Waals surface area contributed by atoms with Gasteiger partial charge in [-0.25, -0.2) is 9.78 Å². The SMILES string of the molecule is CC[C@]1(O)C[C@H]2CN(CCc3c([nH]c4ccc(-c5nccs5)cc34)[C@@](C(=O)OC)(C3C=C4C(=CC3OC)N(C)[C@H]3[C@@](O)(C(=O)OC)[C@H](OC(C)=O)[C@]5(CC)C=CCN6CC[C@]43[C@@H]65)C2)C1. The predicted molar refractivity (Wildman–Crippen MR) is 240 cm³/mol. The highest BCUT2D eigenvalue weighted by atomic mass is 32.1. The first kappa shape index (κ1) is 43.5. The molecule has 7 heterocycles. The van der Waals surface area contributed by atoms with Gasteiger partial charge in [-0.15, -0.1) is 11.3 Å². The van der Waals surface area contributed by atoms with Crippen molar-refractivity contribution in [2.75, 3.05) is 61.1 Å². The lowest BCUT2D eigenvalue weighted by molar-refractivity contribution is -0.243. The molecule has 2 aromatic heterocycles. The second-order valence-corrected chi connectivity index (χ2v) is 20.5. The van der Waals surface area contributed by atoms with E-state index in [0.717, 1.165) is 44.0 Å². The second-order valence-electron chi connectivity index (χ2n) is 19.6. The number of aliphatic hydroxyl groups is 2. The minimum atomic E-state index is -2.30. The van der Waals surface area contributed by atoms with Gasteiger partial charge in [-0.1, -0.05) is 32.1 Å². The van der Waals surface area contributed by atoms with Crippen LogP contribution in [0.2, 0.25) is 0 Å². The van der Waals surface area contributed by atoms with Crippen LogP contribution < -0.4 is 0 Å². The van der Waals surface area contributed by atoms with Gasteiger partial charge < -0.3 is 39.0 Å². The molecule has 15 heteroatoms. The number of nitrogens with zero attached hydrogens (tertiary/aromatic N) is 4. The zero-order valence-electron chi connectivity index (χ0n) is 37.9. The lowest BCUT2D eigenvalue weighted by atomic mass is 9.47. The number of benzene rings is 1. The third-order valence-electron chi connectivity index (χ3n) is 16.8. The van der Waals surface area contributed by atoms with E-state index >= 15 is 4.79 Å². The Labute approximate surface area is 378 Å². The van der Waals surface area contributed by atoms with Crippen LogP contribution in [0.1, 0.15) is 64.1 Å². The molecule has 3 N–H and O–H groups in total. The summed E-state index contributed by atoms with van der Waals surface area (Å²) in [5.41, 5.74) is -1.09. The summed E-state index contributed by atoms with van der Waals surface area (Å²) >= 11 is 1.58. The smallest absolute Gasteiger partial charge is 0.344 e. The number of hydrogen-bond donors (Lipinski definition) is 3. The number of aromatic amines is 1. The Morgan fingerprint density at radius 1 is 1.02 bits per heavy atom. The fourth-order valence-electron chi connectivity index (χ4n) is 14.5. The average Bonchev–Trinajstić information content (AvgIpc) is 4.10. The highest BCUT2D eigenvalue weighted by Crippen LogP contribution is 2.70. The lowest BCUT2D eigenvalue weighted by Gasteiger charge is -2.63. The summed E-state index contributed by atoms with van der Waals surface area (Å²) in [5.74, 6) is -2.62. The van der Waals surface area contributed by atoms with Gasteiger partial charge in [0, 0.05) is 109 Å². The summed E-state index contributed by atoms with van der Waals surface area (Å²) in [4.78, 5) is 58.4. The number of allylic oxidation sites excluding steroid dienone is 1. The molecule has 342 valence electrons. The van der Waals surface area contributed by atoms with Gasteiger partial charge in [-0.2, -0.15) is 0 Å². The first-order chi connectivity index (χ1) is 30.7. The molecule has 10 rings (SSSR count). The maximum absolute atomic E-state index is 15.6. The Kier molecular flexibility index (Phi) is 10.4. The molecule has 4 fully saturated rings. The summed E-state index contributed by atoms with van der Waals surface area (Å²) in [6.45, 7) is 8.62. The van der Waals surface area contributed by atoms with Crippen LogP contribution in [0, 0.1) is 22.7 Å². The Hall–Kier alpha value is -4.38. The number of H-pyrrole nitrogens is 1. The van der Waals surface area contributed by atoms with E-state index in [1.807, 2.05) is 31.2 Å². The van der Waals surface area contributed by atoms with Gasteiger partial charge in [0.1, 0.15) is 10.4 Å². The Morgan fingerprint density at radius 3 is 2.50 bits per heavy atom. The number of ether oxygens (including phenoxy) is 4. The van der Waals surface area contributed by atoms with E-state index in [1.54, 1.807) is 24.6 Å². The van der Waals surface area contributed by atoms with Gasteiger partial charge in [0.25, 0.3) is 0 Å². The van der Waals surface area contributed by atoms with Crippen molar-refractivity contribution in [2.24, 2.45) is 22.7 Å². The normalized spacial score (nSPS) is 38.7. The Balaban J connectivity index is 1.25. The molecule has 3 aromatic rings. The van der Waals surface area contributed by atoms with Crippen LogP contribution in [-0.2, 0) is 45.2 Å². The third kappa shape index (κ3) is 5.79. The molecular weight excluding hydrogens is 835 g/mol. The molecule has 7 aliphatic rings. The van der Waals surface area contributed by atoms with Gasteiger partial charge in [-0.05, 0) is 86.4 Å². The number of nitrogens with one attached hydrogen (secondary N) is 1. The minimum absolute atomic E-state index is 0.0960. The van der Waals surface area contributed by atoms with Crippen molar-refractivity contribution in [3.63, 3.8) is 0 Å². The molecule has 1 spiro atoms. The number of thiazole rings is 1. The zero-order chi connectivity index (χ0) is 45.1. The molecule has 3 saturated heterocycles. The van der Waals surface area contributed by atoms with Gasteiger partial charge in [0.15, 0.2) is 6.10 Å². The van der Waals surface area contributed by atoms with E-state index in [9.17, 15) is 19.8 Å². The number of methoxy groups -OCH3 is 3. The second kappa shape index (κ2) is 15.3. The van der Waals surface area contributed by atoms with Crippen LogP contribution in [0.3, 0.4) is 0 Å². The monoisotopic (exact) mass is 895 g/mol. The molecule has 0 radical (unpaired) electrons. The van der Waals surface area contributed by atoms with Crippen LogP contribution >= 0.6 is 11.3 Å². The standard InChI is InChI=1S/C49H61N5O9S/c1-8-45(58)24-29-25-48(43(56)61-6,38-31(13-18-53(26-29)27-45)32-21-30(11-12-35(32)51-38)39-50-16-20-64-39)34-22-33-36(23-37(34)60-5)52(4)41-47(33)15-19-54-17-10-14-46(9-2,40(47)54)42(63-28(3)55)49(41,59)44(57)62-7/h10-12,14,16,20-23,29,34,37,40-42,51,58-59H,8-9,13,15,17-19,24-27H2,1-7H3/t29-,34?,37?,40+,41-,42-,45+,46-,47-,48+,49+/m1/s1. The number of hydrogen-bond acceptors (Lipinski definition) is 14. The predicted octanol–water partition coefficient (Wildman–Crippen LogP) is 4.76. The number of aromatic nitrogens is 2. The van der Waals surface area contributed by atoms with E-state index < -0.39 is 69.5 Å². The van der Waals surface area contributed by atoms with E-state index in [0.29, 0.717) is 71.2 Å². The van der Waals surface area contributed by atoms with E-state index in [-0.39, 0.29) is 12.0 Å². The van der Waals surface area contributed by atoms with Crippen molar-refractivity contribution in [2.45, 2.75) is 100 Å². The first-order valence-electron chi connectivity index (χ1n) is 22.9. The van der Waals surface area contributed by atoms with Gasteiger partial charge >= 0.3 is 17.9 Å². The number of fused-ring (bicyclic) bond motifs is 6. The van der Waals surface area contributed by atoms with Crippen molar-refractivity contribution in [3.8, 4) is 10.6 Å². The molecule has 14 nitrogen and oxygen atoms in total. The van der Waals surface area contributed by atoms with Crippen LogP contribution in [-0.4, -0.2) is 149 Å². The largest absolute Gasteiger partial charge is 0.468 e. The van der Waals surface area contributed by atoms with E-state index in [2.05, 4.69) is 62.3 Å². The fourth-order valence-corrected chi connectivity index (χ4v) is 15.1. The number of piperidine rings is 1.